The summed E-state index contributed by atoms with van der Waals surface area (Å²) in [5.41, 5.74) is 0.978. The molecule has 92 valence electrons. The van der Waals surface area contributed by atoms with Crippen molar-refractivity contribution in [3.63, 3.8) is 0 Å². The van der Waals surface area contributed by atoms with Crippen LogP contribution in [0.2, 0.25) is 0 Å². The van der Waals surface area contributed by atoms with E-state index in [1.165, 1.54) is 0 Å². The third kappa shape index (κ3) is 2.58. The number of aliphatic hydroxyl groups excluding tert-OH is 1. The van der Waals surface area contributed by atoms with Crippen molar-refractivity contribution in [1.29, 1.82) is 0 Å². The van der Waals surface area contributed by atoms with Crippen LogP contribution < -0.4 is 0 Å². The predicted octanol–water partition coefficient (Wildman–Crippen LogP) is 2.47. The molecule has 0 saturated heterocycles. The van der Waals surface area contributed by atoms with E-state index >= 15 is 0 Å². The summed E-state index contributed by atoms with van der Waals surface area (Å²) in [5.74, 6) is 1.53. The van der Waals surface area contributed by atoms with E-state index in [-0.39, 0.29) is 0 Å². The summed E-state index contributed by atoms with van der Waals surface area (Å²) in [4.78, 5) is 4.28. The Labute approximate surface area is 101 Å². The lowest BCUT2D eigenvalue weighted by Crippen LogP contribution is -2.09. The average molecular weight is 234 g/mol. The van der Waals surface area contributed by atoms with Gasteiger partial charge in [-0.2, -0.15) is 0 Å². The van der Waals surface area contributed by atoms with E-state index in [2.05, 4.69) is 16.5 Å². The van der Waals surface area contributed by atoms with Crippen LogP contribution in [0.4, 0.5) is 0 Å². The molecule has 0 bridgehead atoms. The van der Waals surface area contributed by atoms with Crippen molar-refractivity contribution in [3.05, 3.63) is 41.9 Å². The molecule has 0 aromatic carbocycles. The highest BCUT2D eigenvalue weighted by Crippen LogP contribution is 2.21. The second-order valence-corrected chi connectivity index (χ2v) is 4.22. The zero-order valence-electron chi connectivity index (χ0n) is 10.3. The fourth-order valence-corrected chi connectivity index (χ4v) is 1.97. The molecule has 4 nitrogen and oxygen atoms in total. The van der Waals surface area contributed by atoms with E-state index in [1.54, 1.807) is 12.5 Å². The molecular formula is C13H18N2O2. The van der Waals surface area contributed by atoms with Gasteiger partial charge in [0.25, 0.3) is 0 Å². The van der Waals surface area contributed by atoms with Crippen LogP contribution in [0.15, 0.2) is 29.1 Å². The average Bonchev–Trinajstić information content (AvgIpc) is 2.89. The van der Waals surface area contributed by atoms with Crippen LogP contribution in [-0.2, 0) is 13.0 Å². The first-order valence-corrected chi connectivity index (χ1v) is 5.94. The lowest BCUT2D eigenvalue weighted by Gasteiger charge is -2.10. The molecule has 0 radical (unpaired) electrons. The quantitative estimate of drug-likeness (QED) is 0.864. The number of aromatic nitrogens is 2. The molecule has 2 rings (SSSR count). The second kappa shape index (κ2) is 5.19. The van der Waals surface area contributed by atoms with E-state index in [4.69, 9.17) is 4.42 Å². The minimum atomic E-state index is -0.622. The van der Waals surface area contributed by atoms with Gasteiger partial charge >= 0.3 is 0 Å². The Morgan fingerprint density at radius 3 is 3.00 bits per heavy atom. The first-order valence-electron chi connectivity index (χ1n) is 5.94. The minimum Gasteiger partial charge on any atom is -0.466 e. The highest BCUT2D eigenvalue weighted by Gasteiger charge is 2.16. The number of nitrogens with zero attached hydrogens (tertiary/aromatic N) is 2. The van der Waals surface area contributed by atoms with Gasteiger partial charge in [0, 0.05) is 25.4 Å². The van der Waals surface area contributed by atoms with Gasteiger partial charge in [0.2, 0.25) is 0 Å². The number of rotatable bonds is 5. The fraction of sp³-hybridized carbons (Fsp3) is 0.462. The van der Waals surface area contributed by atoms with E-state index in [0.29, 0.717) is 12.2 Å². The third-order valence-corrected chi connectivity index (χ3v) is 2.85. The second-order valence-electron chi connectivity index (χ2n) is 4.22. The van der Waals surface area contributed by atoms with Gasteiger partial charge in [-0.05, 0) is 25.0 Å². The maximum absolute atomic E-state index is 10.1. The van der Waals surface area contributed by atoms with Crippen molar-refractivity contribution in [2.45, 2.75) is 39.3 Å². The summed E-state index contributed by atoms with van der Waals surface area (Å²) in [6, 6.07) is 1.86. The molecule has 17 heavy (non-hydrogen) atoms. The van der Waals surface area contributed by atoms with Gasteiger partial charge < -0.3 is 14.1 Å². The van der Waals surface area contributed by atoms with E-state index in [0.717, 1.165) is 24.4 Å². The van der Waals surface area contributed by atoms with Crippen molar-refractivity contribution < 1.29 is 9.52 Å². The standard InChI is InChI=1S/C13H18N2O2/c1-3-6-15-7-5-14-12(15)9-11(16)13-10(2)4-8-17-13/h4-5,7-8,11,16H,3,6,9H2,1-2H3. The summed E-state index contributed by atoms with van der Waals surface area (Å²) in [6.07, 6.45) is 6.24. The van der Waals surface area contributed by atoms with E-state index in [1.807, 2.05) is 19.2 Å². The Hall–Kier alpha value is -1.55. The van der Waals surface area contributed by atoms with Gasteiger partial charge in [0.1, 0.15) is 17.7 Å². The Morgan fingerprint density at radius 2 is 2.35 bits per heavy atom. The van der Waals surface area contributed by atoms with Crippen LogP contribution in [0.1, 0.15) is 36.6 Å². The predicted molar refractivity (Wildman–Crippen MR) is 64.6 cm³/mol. The number of imidazole rings is 1. The molecule has 4 heteroatoms. The van der Waals surface area contributed by atoms with Crippen LogP contribution in [0, 0.1) is 6.92 Å². The molecule has 0 aliphatic rings. The van der Waals surface area contributed by atoms with Crippen molar-refractivity contribution in [2.75, 3.05) is 0 Å². The molecule has 2 heterocycles. The van der Waals surface area contributed by atoms with Gasteiger partial charge in [0.05, 0.1) is 6.26 Å². The molecule has 0 spiro atoms. The smallest absolute Gasteiger partial charge is 0.135 e. The Bertz CT molecular complexity index is 473. The van der Waals surface area contributed by atoms with E-state index < -0.39 is 6.10 Å². The number of aryl methyl sites for hydroxylation is 2. The van der Waals surface area contributed by atoms with Gasteiger partial charge in [-0.1, -0.05) is 6.92 Å². The lowest BCUT2D eigenvalue weighted by molar-refractivity contribution is 0.145. The molecule has 0 saturated carbocycles. The van der Waals surface area contributed by atoms with Gasteiger partial charge in [-0.25, -0.2) is 4.98 Å². The first-order chi connectivity index (χ1) is 8.22. The van der Waals surface area contributed by atoms with Crippen molar-refractivity contribution in [3.8, 4) is 0 Å². The topological polar surface area (TPSA) is 51.2 Å². The maximum atomic E-state index is 10.1. The largest absolute Gasteiger partial charge is 0.466 e. The van der Waals surface area contributed by atoms with Crippen LogP contribution in [0.3, 0.4) is 0 Å². The summed E-state index contributed by atoms with van der Waals surface area (Å²) in [7, 11) is 0. The first kappa shape index (κ1) is 11.9. The monoisotopic (exact) mass is 234 g/mol. The summed E-state index contributed by atoms with van der Waals surface area (Å²) in [5, 5.41) is 10.1. The molecule has 2 aromatic heterocycles. The molecule has 1 unspecified atom stereocenters. The van der Waals surface area contributed by atoms with E-state index in [9.17, 15) is 5.11 Å². The van der Waals surface area contributed by atoms with Gasteiger partial charge in [-0.15, -0.1) is 0 Å². The molecule has 1 N–H and O–H groups in total. The van der Waals surface area contributed by atoms with Crippen LogP contribution in [0.25, 0.3) is 0 Å². The Balaban J connectivity index is 2.10. The highest BCUT2D eigenvalue weighted by atomic mass is 16.4. The number of hydrogen-bond donors (Lipinski definition) is 1. The SMILES string of the molecule is CCCn1ccnc1CC(O)c1occc1C. The molecule has 0 aliphatic heterocycles. The summed E-state index contributed by atoms with van der Waals surface area (Å²) < 4.78 is 7.36. The van der Waals surface area contributed by atoms with Crippen molar-refractivity contribution in [2.24, 2.45) is 0 Å². The zero-order valence-corrected chi connectivity index (χ0v) is 10.3. The Kier molecular flexibility index (Phi) is 3.64. The fourth-order valence-electron chi connectivity index (χ4n) is 1.97. The number of furan rings is 1. The molecule has 2 aromatic rings. The number of hydrogen-bond acceptors (Lipinski definition) is 3. The molecular weight excluding hydrogens is 216 g/mol. The zero-order chi connectivity index (χ0) is 12.3. The maximum Gasteiger partial charge on any atom is 0.135 e. The summed E-state index contributed by atoms with van der Waals surface area (Å²) >= 11 is 0. The Morgan fingerprint density at radius 1 is 1.53 bits per heavy atom. The normalized spacial score (nSPS) is 12.9. The highest BCUT2D eigenvalue weighted by molar-refractivity contribution is 5.17. The molecule has 0 aliphatic carbocycles. The van der Waals surface area contributed by atoms with Crippen molar-refractivity contribution >= 4 is 0 Å². The molecule has 0 amide bonds. The van der Waals surface area contributed by atoms with Crippen LogP contribution in [-0.4, -0.2) is 14.7 Å². The van der Waals surface area contributed by atoms with Gasteiger partial charge in [-0.3, -0.25) is 0 Å². The molecule has 0 fully saturated rings. The third-order valence-electron chi connectivity index (χ3n) is 2.85. The molecule has 1 atom stereocenters. The van der Waals surface area contributed by atoms with Crippen LogP contribution in [0.5, 0.6) is 0 Å². The number of aliphatic hydroxyl groups is 1. The minimum absolute atomic E-state index is 0.487. The van der Waals surface area contributed by atoms with Crippen molar-refractivity contribution in [1.82, 2.24) is 9.55 Å². The summed E-state index contributed by atoms with van der Waals surface area (Å²) in [6.45, 7) is 4.98. The van der Waals surface area contributed by atoms with Crippen LogP contribution >= 0.6 is 0 Å². The van der Waals surface area contributed by atoms with Gasteiger partial charge in [0.15, 0.2) is 0 Å². The lowest BCUT2D eigenvalue weighted by atomic mass is 10.1.